The van der Waals surface area contributed by atoms with Crippen LogP contribution in [0.2, 0.25) is 0 Å². The molecule has 1 aliphatic heterocycles. The van der Waals surface area contributed by atoms with E-state index < -0.39 is 5.60 Å². The fourth-order valence-corrected chi connectivity index (χ4v) is 5.69. The van der Waals surface area contributed by atoms with Crippen molar-refractivity contribution < 1.29 is 5.11 Å². The molecule has 0 spiro atoms. The lowest BCUT2D eigenvalue weighted by molar-refractivity contribution is -0.0152. The van der Waals surface area contributed by atoms with E-state index in [0.29, 0.717) is 0 Å². The van der Waals surface area contributed by atoms with Crippen molar-refractivity contribution >= 4 is 11.3 Å². The monoisotopic (exact) mass is 439 g/mol. The lowest BCUT2D eigenvalue weighted by atomic mass is 9.72. The van der Waals surface area contributed by atoms with Crippen LogP contribution in [0.25, 0.3) is 11.1 Å². The molecule has 1 fully saturated rings. The van der Waals surface area contributed by atoms with Crippen molar-refractivity contribution in [1.29, 1.82) is 0 Å². The van der Waals surface area contributed by atoms with E-state index in [-0.39, 0.29) is 5.92 Å². The highest BCUT2D eigenvalue weighted by Gasteiger charge is 2.41. The number of rotatable bonds is 6. The summed E-state index contributed by atoms with van der Waals surface area (Å²) in [5.74, 6) is 0.199. The fourth-order valence-electron chi connectivity index (χ4n) is 5.02. The molecule has 3 aromatic carbocycles. The lowest BCUT2D eigenvalue weighted by Crippen LogP contribution is -2.44. The van der Waals surface area contributed by atoms with Gasteiger partial charge in [0, 0.05) is 6.54 Å². The average Bonchev–Trinajstić information content (AvgIpc) is 3.41. The zero-order valence-electron chi connectivity index (χ0n) is 18.2. The van der Waals surface area contributed by atoms with Gasteiger partial charge in [0.1, 0.15) is 5.60 Å². The number of hydrogen-bond donors (Lipinski definition) is 1. The summed E-state index contributed by atoms with van der Waals surface area (Å²) in [5.41, 5.74) is 4.97. The maximum Gasteiger partial charge on any atom is 0.117 e. The molecule has 32 heavy (non-hydrogen) atoms. The Bertz CT molecular complexity index is 1060. The first-order valence-corrected chi connectivity index (χ1v) is 12.3. The van der Waals surface area contributed by atoms with Gasteiger partial charge in [-0.1, -0.05) is 84.9 Å². The highest BCUT2D eigenvalue weighted by atomic mass is 32.1. The number of piperidine rings is 1. The molecular formula is C29H29NOS. The molecule has 1 aromatic heterocycles. The quantitative estimate of drug-likeness (QED) is 0.368. The van der Waals surface area contributed by atoms with E-state index >= 15 is 0 Å². The van der Waals surface area contributed by atoms with Crippen LogP contribution in [0.15, 0.2) is 102 Å². The molecule has 162 valence electrons. The first kappa shape index (κ1) is 21.1. The van der Waals surface area contributed by atoms with Crippen molar-refractivity contribution in [2.24, 2.45) is 5.92 Å². The second-order valence-corrected chi connectivity index (χ2v) is 9.54. The molecule has 2 nitrogen and oxygen atoms in total. The smallest absolute Gasteiger partial charge is 0.117 e. The first-order valence-electron chi connectivity index (χ1n) is 11.4. The van der Waals surface area contributed by atoms with Gasteiger partial charge >= 0.3 is 0 Å². The number of aliphatic hydroxyl groups is 1. The Kier molecular flexibility index (Phi) is 6.22. The van der Waals surface area contributed by atoms with Crippen molar-refractivity contribution in [2.45, 2.75) is 25.0 Å². The van der Waals surface area contributed by atoms with E-state index in [1.807, 2.05) is 36.4 Å². The van der Waals surface area contributed by atoms with Gasteiger partial charge in [-0.15, -0.1) is 0 Å². The highest BCUT2D eigenvalue weighted by molar-refractivity contribution is 7.08. The van der Waals surface area contributed by atoms with Crippen LogP contribution < -0.4 is 0 Å². The second-order valence-electron chi connectivity index (χ2n) is 8.76. The van der Waals surface area contributed by atoms with Crippen molar-refractivity contribution in [1.82, 2.24) is 4.90 Å². The molecular weight excluding hydrogens is 410 g/mol. The van der Waals surface area contributed by atoms with Gasteiger partial charge in [-0.05, 0) is 76.5 Å². The summed E-state index contributed by atoms with van der Waals surface area (Å²) in [6.45, 7) is 2.96. The summed E-state index contributed by atoms with van der Waals surface area (Å²) >= 11 is 1.74. The standard InChI is InChI=1S/C29H29NOS/c31-29(26-7-3-1-4-8-26,27-9-5-2-6-10-27)28-15-18-30(19-16-28)21-23-11-13-24(14-12-23)25-17-20-32-22-25/h1-14,17,20,22,28,31H,15-16,18-19,21H2. The van der Waals surface area contributed by atoms with E-state index in [2.05, 4.69) is 70.3 Å². The zero-order valence-corrected chi connectivity index (χ0v) is 19.0. The van der Waals surface area contributed by atoms with E-state index in [0.717, 1.165) is 43.6 Å². The molecule has 2 heterocycles. The third-order valence-electron chi connectivity index (χ3n) is 6.82. The Morgan fingerprint density at radius 2 is 1.34 bits per heavy atom. The average molecular weight is 440 g/mol. The number of likely N-dealkylation sites (tertiary alicyclic amines) is 1. The molecule has 1 saturated heterocycles. The van der Waals surface area contributed by atoms with Crippen molar-refractivity contribution in [3.63, 3.8) is 0 Å². The lowest BCUT2D eigenvalue weighted by Gasteiger charge is -2.42. The number of nitrogens with zero attached hydrogens (tertiary/aromatic N) is 1. The predicted molar refractivity (Wildman–Crippen MR) is 134 cm³/mol. The first-order chi connectivity index (χ1) is 15.7. The normalized spacial score (nSPS) is 15.7. The largest absolute Gasteiger partial charge is 0.380 e. The summed E-state index contributed by atoms with van der Waals surface area (Å²) in [6.07, 6.45) is 1.96. The summed E-state index contributed by atoms with van der Waals surface area (Å²) in [5, 5.41) is 16.4. The van der Waals surface area contributed by atoms with E-state index in [9.17, 15) is 5.11 Å². The van der Waals surface area contributed by atoms with Gasteiger partial charge in [-0.3, -0.25) is 4.90 Å². The van der Waals surface area contributed by atoms with Crippen LogP contribution in [0, 0.1) is 5.92 Å². The minimum Gasteiger partial charge on any atom is -0.380 e. The van der Waals surface area contributed by atoms with Crippen LogP contribution in [0.1, 0.15) is 29.5 Å². The van der Waals surface area contributed by atoms with Crippen LogP contribution in [0.3, 0.4) is 0 Å². The second kappa shape index (κ2) is 9.41. The van der Waals surface area contributed by atoms with Crippen LogP contribution in [0.5, 0.6) is 0 Å². The summed E-state index contributed by atoms with van der Waals surface area (Å²) in [7, 11) is 0. The molecule has 4 aromatic rings. The van der Waals surface area contributed by atoms with Gasteiger partial charge in [-0.25, -0.2) is 0 Å². The van der Waals surface area contributed by atoms with E-state index in [1.165, 1.54) is 16.7 Å². The van der Waals surface area contributed by atoms with Gasteiger partial charge in [0.15, 0.2) is 0 Å². The number of hydrogen-bond acceptors (Lipinski definition) is 3. The minimum absolute atomic E-state index is 0.199. The van der Waals surface area contributed by atoms with Crippen molar-refractivity contribution in [3.05, 3.63) is 118 Å². The van der Waals surface area contributed by atoms with Crippen LogP contribution in [-0.2, 0) is 12.1 Å². The third-order valence-corrected chi connectivity index (χ3v) is 7.50. The predicted octanol–water partition coefficient (Wildman–Crippen LogP) is 6.56. The topological polar surface area (TPSA) is 23.5 Å². The maximum atomic E-state index is 12.1. The van der Waals surface area contributed by atoms with Gasteiger partial charge < -0.3 is 5.11 Å². The molecule has 0 atom stereocenters. The van der Waals surface area contributed by atoms with Gasteiger partial charge in [0.2, 0.25) is 0 Å². The molecule has 3 heteroatoms. The Morgan fingerprint density at radius 3 is 1.88 bits per heavy atom. The van der Waals surface area contributed by atoms with Crippen LogP contribution in [-0.4, -0.2) is 23.1 Å². The Balaban J connectivity index is 1.28. The molecule has 0 amide bonds. The van der Waals surface area contributed by atoms with Crippen LogP contribution in [0.4, 0.5) is 0 Å². The zero-order chi connectivity index (χ0) is 21.8. The summed E-state index contributed by atoms with van der Waals surface area (Å²) < 4.78 is 0. The Hall–Kier alpha value is -2.72. The summed E-state index contributed by atoms with van der Waals surface area (Å²) in [4.78, 5) is 2.52. The van der Waals surface area contributed by atoms with Crippen molar-refractivity contribution in [2.75, 3.05) is 13.1 Å². The van der Waals surface area contributed by atoms with Crippen LogP contribution >= 0.6 is 11.3 Å². The van der Waals surface area contributed by atoms with Gasteiger partial charge in [0.25, 0.3) is 0 Å². The molecule has 5 rings (SSSR count). The Labute approximate surface area is 194 Å². The van der Waals surface area contributed by atoms with Crippen molar-refractivity contribution in [3.8, 4) is 11.1 Å². The molecule has 1 N–H and O–H groups in total. The fraction of sp³-hybridized carbons (Fsp3) is 0.241. The third kappa shape index (κ3) is 4.29. The molecule has 0 saturated carbocycles. The number of thiophene rings is 1. The minimum atomic E-state index is -0.948. The molecule has 0 unspecified atom stereocenters. The number of benzene rings is 3. The van der Waals surface area contributed by atoms with E-state index in [4.69, 9.17) is 0 Å². The molecule has 0 bridgehead atoms. The maximum absolute atomic E-state index is 12.1. The molecule has 1 aliphatic rings. The molecule has 0 aliphatic carbocycles. The highest BCUT2D eigenvalue weighted by Crippen LogP contribution is 2.42. The van der Waals surface area contributed by atoms with Gasteiger partial charge in [-0.2, -0.15) is 11.3 Å². The van der Waals surface area contributed by atoms with E-state index in [1.54, 1.807) is 11.3 Å². The SMILES string of the molecule is OC(c1ccccc1)(c1ccccc1)C1CCN(Cc2ccc(-c3ccsc3)cc2)CC1. The molecule has 0 radical (unpaired) electrons. The van der Waals surface area contributed by atoms with Gasteiger partial charge in [0.05, 0.1) is 0 Å². The summed E-state index contributed by atoms with van der Waals surface area (Å²) in [6, 6.07) is 31.5. The Morgan fingerprint density at radius 1 is 0.750 bits per heavy atom.